The first kappa shape index (κ1) is 24.2. The fourth-order valence-corrected chi connectivity index (χ4v) is 2.42. The van der Waals surface area contributed by atoms with Gasteiger partial charge in [-0.25, -0.2) is 4.79 Å². The molecule has 1 aliphatic heterocycles. The number of halogens is 1. The van der Waals surface area contributed by atoms with Crippen molar-refractivity contribution in [1.29, 1.82) is 0 Å². The van der Waals surface area contributed by atoms with Crippen LogP contribution in [0.1, 0.15) is 19.8 Å². The van der Waals surface area contributed by atoms with Gasteiger partial charge in [-0.15, -0.1) is 24.0 Å². The van der Waals surface area contributed by atoms with Crippen molar-refractivity contribution in [2.45, 2.75) is 19.8 Å². The van der Waals surface area contributed by atoms with Crippen molar-refractivity contribution in [3.63, 3.8) is 0 Å². The third kappa shape index (κ3) is 10.0. The highest BCUT2D eigenvalue weighted by Gasteiger charge is 2.23. The predicted octanol–water partition coefficient (Wildman–Crippen LogP) is 1.40. The Morgan fingerprint density at radius 1 is 1.08 bits per heavy atom. The van der Waals surface area contributed by atoms with Crippen molar-refractivity contribution >= 4 is 36.0 Å². The summed E-state index contributed by atoms with van der Waals surface area (Å²) in [6.07, 6.45) is 1.80. The van der Waals surface area contributed by atoms with E-state index in [1.165, 1.54) is 0 Å². The SMILES string of the molecule is CCOC(=O)N1CCN(C(=NC)NCCCCOCCOC)CC1.I. The van der Waals surface area contributed by atoms with Gasteiger partial charge in [-0.2, -0.15) is 0 Å². The van der Waals surface area contributed by atoms with Crippen molar-refractivity contribution in [1.82, 2.24) is 15.1 Å². The highest BCUT2D eigenvalue weighted by atomic mass is 127. The number of hydrogen-bond donors (Lipinski definition) is 1. The monoisotopic (exact) mass is 472 g/mol. The van der Waals surface area contributed by atoms with Gasteiger partial charge in [0.1, 0.15) is 0 Å². The molecule has 8 nitrogen and oxygen atoms in total. The molecule has 1 saturated heterocycles. The molecule has 0 unspecified atom stereocenters. The van der Waals surface area contributed by atoms with E-state index < -0.39 is 0 Å². The highest BCUT2D eigenvalue weighted by Crippen LogP contribution is 2.04. The van der Waals surface area contributed by atoms with Gasteiger partial charge in [0.25, 0.3) is 0 Å². The Morgan fingerprint density at radius 2 is 1.76 bits per heavy atom. The van der Waals surface area contributed by atoms with Crippen LogP contribution in [0.4, 0.5) is 4.79 Å². The molecule has 1 fully saturated rings. The van der Waals surface area contributed by atoms with E-state index in [0.717, 1.165) is 45.0 Å². The number of unbranched alkanes of at least 4 members (excludes halogenated alkanes) is 1. The lowest BCUT2D eigenvalue weighted by molar-refractivity contribution is 0.0689. The number of guanidine groups is 1. The molecule has 0 atom stereocenters. The molecule has 0 saturated carbocycles. The minimum Gasteiger partial charge on any atom is -0.450 e. The summed E-state index contributed by atoms with van der Waals surface area (Å²) in [7, 11) is 3.46. The second-order valence-corrected chi connectivity index (χ2v) is 5.46. The molecule has 1 N–H and O–H groups in total. The van der Waals surface area contributed by atoms with Crippen LogP contribution in [0.25, 0.3) is 0 Å². The van der Waals surface area contributed by atoms with Gasteiger partial charge in [-0.1, -0.05) is 0 Å². The fraction of sp³-hybridized carbons (Fsp3) is 0.875. The first-order valence-electron chi connectivity index (χ1n) is 8.66. The Morgan fingerprint density at radius 3 is 2.36 bits per heavy atom. The molecule has 1 aliphatic rings. The summed E-state index contributed by atoms with van der Waals surface area (Å²) < 4.78 is 15.4. The standard InChI is InChI=1S/C16H32N4O4.HI/c1-4-24-16(21)20-10-8-19(9-11-20)15(17-2)18-7-5-6-12-23-14-13-22-3;/h4-14H2,1-3H3,(H,17,18);1H. The van der Waals surface area contributed by atoms with Crippen molar-refractivity contribution < 1.29 is 19.0 Å². The molecule has 1 heterocycles. The number of nitrogens with one attached hydrogen (secondary N) is 1. The first-order chi connectivity index (χ1) is 11.7. The van der Waals surface area contributed by atoms with Crippen molar-refractivity contribution in [2.75, 3.05) is 73.3 Å². The Labute approximate surface area is 168 Å². The zero-order valence-corrected chi connectivity index (χ0v) is 18.0. The number of aliphatic imine (C=N–C) groups is 1. The number of piperazine rings is 1. The summed E-state index contributed by atoms with van der Waals surface area (Å²) in [4.78, 5) is 19.9. The van der Waals surface area contributed by atoms with Gasteiger partial charge in [-0.05, 0) is 19.8 Å². The van der Waals surface area contributed by atoms with Gasteiger partial charge in [0.15, 0.2) is 5.96 Å². The molecular formula is C16H33IN4O4. The number of carbonyl (C=O) groups is 1. The Kier molecular flexibility index (Phi) is 14.9. The molecular weight excluding hydrogens is 439 g/mol. The van der Waals surface area contributed by atoms with Crippen LogP contribution in [0.2, 0.25) is 0 Å². The van der Waals surface area contributed by atoms with Gasteiger partial charge >= 0.3 is 6.09 Å². The zero-order valence-electron chi connectivity index (χ0n) is 15.7. The molecule has 25 heavy (non-hydrogen) atoms. The number of rotatable bonds is 9. The lowest BCUT2D eigenvalue weighted by Crippen LogP contribution is -2.54. The molecule has 0 aromatic heterocycles. The van der Waals surface area contributed by atoms with Crippen LogP contribution in [0, 0.1) is 0 Å². The van der Waals surface area contributed by atoms with E-state index in [2.05, 4.69) is 15.2 Å². The van der Waals surface area contributed by atoms with Crippen LogP contribution in [-0.2, 0) is 14.2 Å². The summed E-state index contributed by atoms with van der Waals surface area (Å²) in [5.74, 6) is 0.888. The summed E-state index contributed by atoms with van der Waals surface area (Å²) >= 11 is 0. The van der Waals surface area contributed by atoms with Crippen molar-refractivity contribution in [3.8, 4) is 0 Å². The normalized spacial score (nSPS) is 14.9. The number of ether oxygens (including phenoxy) is 3. The van der Waals surface area contributed by atoms with E-state index in [4.69, 9.17) is 14.2 Å². The summed E-state index contributed by atoms with van der Waals surface area (Å²) in [5, 5.41) is 3.37. The second kappa shape index (κ2) is 15.4. The van der Waals surface area contributed by atoms with Crippen molar-refractivity contribution in [2.24, 2.45) is 4.99 Å². The topological polar surface area (TPSA) is 75.6 Å². The van der Waals surface area contributed by atoms with Gasteiger partial charge in [0.2, 0.25) is 0 Å². The predicted molar refractivity (Wildman–Crippen MR) is 109 cm³/mol. The quantitative estimate of drug-likeness (QED) is 0.237. The second-order valence-electron chi connectivity index (χ2n) is 5.46. The first-order valence-corrected chi connectivity index (χ1v) is 8.66. The molecule has 0 aromatic carbocycles. The van der Waals surface area contributed by atoms with E-state index in [1.54, 1.807) is 19.1 Å². The number of amides is 1. The Hall–Kier alpha value is -0.810. The van der Waals surface area contributed by atoms with E-state index in [9.17, 15) is 4.79 Å². The molecule has 148 valence electrons. The third-order valence-corrected chi connectivity index (χ3v) is 3.75. The maximum atomic E-state index is 11.7. The average molecular weight is 472 g/mol. The Bertz CT molecular complexity index is 377. The molecule has 0 aliphatic carbocycles. The maximum Gasteiger partial charge on any atom is 0.409 e. The third-order valence-electron chi connectivity index (χ3n) is 3.75. The largest absolute Gasteiger partial charge is 0.450 e. The summed E-state index contributed by atoms with van der Waals surface area (Å²) in [5.41, 5.74) is 0. The van der Waals surface area contributed by atoms with E-state index in [0.29, 0.717) is 32.9 Å². The van der Waals surface area contributed by atoms with Crippen LogP contribution in [0.15, 0.2) is 4.99 Å². The van der Waals surface area contributed by atoms with Gasteiger partial charge in [-0.3, -0.25) is 4.99 Å². The molecule has 0 radical (unpaired) electrons. The van der Waals surface area contributed by atoms with Crippen LogP contribution in [0.3, 0.4) is 0 Å². The molecule has 1 amide bonds. The Balaban J connectivity index is 0.00000576. The van der Waals surface area contributed by atoms with Gasteiger partial charge < -0.3 is 29.3 Å². The lowest BCUT2D eigenvalue weighted by atomic mass is 10.3. The summed E-state index contributed by atoms with van der Waals surface area (Å²) in [6.45, 7) is 7.98. The number of methoxy groups -OCH3 is 1. The number of carbonyl (C=O) groups excluding carboxylic acids is 1. The average Bonchev–Trinajstić information content (AvgIpc) is 2.61. The van der Waals surface area contributed by atoms with E-state index >= 15 is 0 Å². The van der Waals surface area contributed by atoms with Gasteiger partial charge in [0, 0.05) is 53.5 Å². The van der Waals surface area contributed by atoms with E-state index in [-0.39, 0.29) is 30.1 Å². The molecule has 0 aromatic rings. The maximum absolute atomic E-state index is 11.7. The smallest absolute Gasteiger partial charge is 0.409 e. The molecule has 0 spiro atoms. The van der Waals surface area contributed by atoms with Crippen molar-refractivity contribution in [3.05, 3.63) is 0 Å². The highest BCUT2D eigenvalue weighted by molar-refractivity contribution is 14.0. The summed E-state index contributed by atoms with van der Waals surface area (Å²) in [6, 6.07) is 0. The van der Waals surface area contributed by atoms with E-state index in [1.807, 2.05) is 6.92 Å². The van der Waals surface area contributed by atoms with Crippen LogP contribution in [-0.4, -0.2) is 95.2 Å². The lowest BCUT2D eigenvalue weighted by Gasteiger charge is -2.35. The number of nitrogens with zero attached hydrogens (tertiary/aromatic N) is 3. The minimum absolute atomic E-state index is 0. The van der Waals surface area contributed by atoms with Crippen LogP contribution in [0.5, 0.6) is 0 Å². The molecule has 0 bridgehead atoms. The van der Waals surface area contributed by atoms with Crippen LogP contribution < -0.4 is 5.32 Å². The molecule has 1 rings (SSSR count). The minimum atomic E-state index is -0.228. The number of hydrogen-bond acceptors (Lipinski definition) is 5. The molecule has 9 heteroatoms. The van der Waals surface area contributed by atoms with Gasteiger partial charge in [0.05, 0.1) is 19.8 Å². The zero-order chi connectivity index (χ0) is 17.6. The van der Waals surface area contributed by atoms with Crippen LogP contribution >= 0.6 is 24.0 Å². The fourth-order valence-electron chi connectivity index (χ4n) is 2.42.